The molecule has 3 aliphatic rings. The van der Waals surface area contributed by atoms with Gasteiger partial charge in [-0.3, -0.25) is 9.59 Å². The number of hydrogen-bond donors (Lipinski definition) is 1. The van der Waals surface area contributed by atoms with Crippen molar-refractivity contribution in [1.29, 1.82) is 0 Å². The van der Waals surface area contributed by atoms with Crippen molar-refractivity contribution in [1.82, 2.24) is 0 Å². The number of carboxylic acids is 1. The van der Waals surface area contributed by atoms with E-state index in [1.807, 2.05) is 20.8 Å². The zero-order valence-electron chi connectivity index (χ0n) is 10.2. The number of hydrogen-bond acceptors (Lipinski definition) is 3. The number of fused-ring (bicyclic) bond motifs is 1. The van der Waals surface area contributed by atoms with Crippen LogP contribution in [0.4, 0.5) is 0 Å². The third-order valence-corrected chi connectivity index (χ3v) is 5.51. The number of ether oxygens (including phenoxy) is 1. The lowest BCUT2D eigenvalue weighted by molar-refractivity contribution is -0.226. The van der Waals surface area contributed by atoms with Gasteiger partial charge < -0.3 is 9.84 Å². The zero-order chi connectivity index (χ0) is 12.4. The van der Waals surface area contributed by atoms with Crippen molar-refractivity contribution in [3.63, 3.8) is 0 Å². The van der Waals surface area contributed by atoms with Crippen LogP contribution < -0.4 is 0 Å². The Morgan fingerprint density at radius 3 is 2.19 bits per heavy atom. The number of rotatable bonds is 2. The molecule has 3 saturated carbocycles. The van der Waals surface area contributed by atoms with E-state index in [9.17, 15) is 14.7 Å². The fourth-order valence-corrected chi connectivity index (χ4v) is 4.21. The second-order valence-corrected chi connectivity index (χ2v) is 5.78. The molecule has 0 radical (unpaired) electrons. The first-order chi connectivity index (χ1) is 7.25. The lowest BCUT2D eigenvalue weighted by atomic mass is 9.38. The monoisotopic (exact) mass is 226 g/mol. The van der Waals surface area contributed by atoms with Gasteiger partial charge in [0.1, 0.15) is 0 Å². The minimum absolute atomic E-state index is 0.285. The van der Waals surface area contributed by atoms with Gasteiger partial charge in [-0.1, -0.05) is 20.8 Å². The summed E-state index contributed by atoms with van der Waals surface area (Å²) in [4.78, 5) is 23.3. The maximum absolute atomic E-state index is 12.0. The van der Waals surface area contributed by atoms with Crippen LogP contribution in [0, 0.1) is 22.2 Å². The number of carbonyl (C=O) groups excluding carboxylic acids is 1. The summed E-state index contributed by atoms with van der Waals surface area (Å²) < 4.78 is 4.83. The molecule has 0 amide bonds. The van der Waals surface area contributed by atoms with E-state index in [0.717, 1.165) is 6.42 Å². The van der Waals surface area contributed by atoms with Crippen molar-refractivity contribution in [3.8, 4) is 0 Å². The molecule has 0 saturated heterocycles. The molecule has 90 valence electrons. The van der Waals surface area contributed by atoms with Crippen molar-refractivity contribution in [2.75, 3.05) is 7.11 Å². The van der Waals surface area contributed by atoms with E-state index in [1.54, 1.807) is 0 Å². The van der Waals surface area contributed by atoms with Gasteiger partial charge in [-0.25, -0.2) is 0 Å². The first kappa shape index (κ1) is 11.4. The lowest BCUT2D eigenvalue weighted by Crippen LogP contribution is -2.68. The van der Waals surface area contributed by atoms with Gasteiger partial charge in [0.2, 0.25) is 0 Å². The molecule has 0 aromatic rings. The van der Waals surface area contributed by atoms with Crippen LogP contribution in [-0.2, 0) is 14.3 Å². The summed E-state index contributed by atoms with van der Waals surface area (Å²) in [5, 5.41) is 9.31. The smallest absolute Gasteiger partial charge is 0.313 e. The number of carbonyl (C=O) groups is 2. The van der Waals surface area contributed by atoms with E-state index in [2.05, 4.69) is 0 Å². The lowest BCUT2D eigenvalue weighted by Gasteiger charge is -2.63. The summed E-state index contributed by atoms with van der Waals surface area (Å²) in [6, 6.07) is 0. The molecule has 0 spiro atoms. The predicted octanol–water partition coefficient (Wildman–Crippen LogP) is 1.69. The van der Waals surface area contributed by atoms with Crippen LogP contribution in [0.25, 0.3) is 0 Å². The first-order valence-electron chi connectivity index (χ1n) is 5.57. The normalized spacial score (nSPS) is 43.6. The largest absolute Gasteiger partial charge is 0.481 e. The average molecular weight is 226 g/mol. The second kappa shape index (κ2) is 2.79. The number of esters is 1. The molecule has 3 atom stereocenters. The molecule has 2 bridgehead atoms. The van der Waals surface area contributed by atoms with Crippen molar-refractivity contribution in [2.24, 2.45) is 22.2 Å². The third-order valence-electron chi connectivity index (χ3n) is 5.51. The van der Waals surface area contributed by atoms with Crippen LogP contribution >= 0.6 is 0 Å². The molecule has 1 N–H and O–H groups in total. The van der Waals surface area contributed by atoms with Gasteiger partial charge in [0.25, 0.3) is 0 Å². The quantitative estimate of drug-likeness (QED) is 0.728. The maximum Gasteiger partial charge on any atom is 0.313 e. The summed E-state index contributed by atoms with van der Waals surface area (Å²) in [5.74, 6) is -1.83. The Bertz CT molecular complexity index is 373. The van der Waals surface area contributed by atoms with Gasteiger partial charge in [0.15, 0.2) is 0 Å². The predicted molar refractivity (Wildman–Crippen MR) is 56.7 cm³/mol. The Morgan fingerprint density at radius 1 is 1.25 bits per heavy atom. The molecular formula is C12H18O4. The Hall–Kier alpha value is -1.06. The van der Waals surface area contributed by atoms with Gasteiger partial charge in [0.05, 0.1) is 18.4 Å². The molecule has 0 unspecified atom stereocenters. The molecule has 16 heavy (non-hydrogen) atoms. The summed E-state index contributed by atoms with van der Waals surface area (Å²) in [7, 11) is 1.33. The van der Waals surface area contributed by atoms with Crippen LogP contribution in [0.2, 0.25) is 0 Å². The molecule has 4 nitrogen and oxygen atoms in total. The van der Waals surface area contributed by atoms with Crippen LogP contribution in [0.3, 0.4) is 0 Å². The van der Waals surface area contributed by atoms with E-state index in [-0.39, 0.29) is 16.8 Å². The highest BCUT2D eigenvalue weighted by molar-refractivity contribution is 5.90. The molecule has 4 heteroatoms. The topological polar surface area (TPSA) is 63.6 Å². The van der Waals surface area contributed by atoms with Crippen molar-refractivity contribution >= 4 is 11.9 Å². The molecule has 0 aliphatic heterocycles. The van der Waals surface area contributed by atoms with E-state index in [4.69, 9.17) is 4.74 Å². The Balaban J connectivity index is 2.52. The Labute approximate surface area is 95.0 Å². The second-order valence-electron chi connectivity index (χ2n) is 5.78. The zero-order valence-corrected chi connectivity index (χ0v) is 10.2. The van der Waals surface area contributed by atoms with E-state index >= 15 is 0 Å². The van der Waals surface area contributed by atoms with E-state index < -0.39 is 17.3 Å². The Kier molecular flexibility index (Phi) is 1.99. The molecule has 3 fully saturated rings. The fourth-order valence-electron chi connectivity index (χ4n) is 4.21. The van der Waals surface area contributed by atoms with E-state index in [0.29, 0.717) is 6.42 Å². The molecule has 3 aliphatic carbocycles. The third kappa shape index (κ3) is 0.803. The number of aliphatic carboxylic acids is 1. The average Bonchev–Trinajstić information content (AvgIpc) is 2.63. The SMILES string of the molecule is COC(=O)[C@@]12CC[C@@](C)([C@H]1C(=O)O)C2(C)C. The van der Waals surface area contributed by atoms with Crippen molar-refractivity contribution in [3.05, 3.63) is 0 Å². The standard InChI is InChI=1S/C12H18O4/c1-10(2)11(3)5-6-12(10,9(15)16-4)7(11)8(13)14/h7H,5-6H2,1-4H3,(H,13,14)/t7-,11+,12-/m1/s1. The molecular weight excluding hydrogens is 208 g/mol. The molecule has 3 rings (SSSR count). The van der Waals surface area contributed by atoms with Gasteiger partial charge in [-0.15, -0.1) is 0 Å². The highest BCUT2D eigenvalue weighted by Crippen LogP contribution is 2.81. The van der Waals surface area contributed by atoms with Gasteiger partial charge in [-0.2, -0.15) is 0 Å². The van der Waals surface area contributed by atoms with E-state index in [1.165, 1.54) is 7.11 Å². The van der Waals surface area contributed by atoms with Crippen molar-refractivity contribution in [2.45, 2.75) is 33.6 Å². The fraction of sp³-hybridized carbons (Fsp3) is 0.833. The molecule has 0 aromatic carbocycles. The summed E-state index contributed by atoms with van der Waals surface area (Å²) in [6.45, 7) is 5.94. The maximum atomic E-state index is 12.0. The van der Waals surface area contributed by atoms with Crippen LogP contribution in [0.15, 0.2) is 0 Å². The van der Waals surface area contributed by atoms with Crippen molar-refractivity contribution < 1.29 is 19.4 Å². The first-order valence-corrected chi connectivity index (χ1v) is 5.57. The summed E-state index contributed by atoms with van der Waals surface area (Å²) >= 11 is 0. The summed E-state index contributed by atoms with van der Waals surface area (Å²) in [5.41, 5.74) is -1.40. The Morgan fingerprint density at radius 2 is 1.81 bits per heavy atom. The molecule has 0 aromatic heterocycles. The minimum atomic E-state index is -0.871. The minimum Gasteiger partial charge on any atom is -0.481 e. The summed E-state index contributed by atoms with van der Waals surface area (Å²) in [6.07, 6.45) is 1.41. The van der Waals surface area contributed by atoms with Crippen LogP contribution in [0.5, 0.6) is 0 Å². The highest BCUT2D eigenvalue weighted by Gasteiger charge is 2.83. The molecule has 0 heterocycles. The van der Waals surface area contributed by atoms with Gasteiger partial charge >= 0.3 is 11.9 Å². The van der Waals surface area contributed by atoms with Gasteiger partial charge in [-0.05, 0) is 23.7 Å². The van der Waals surface area contributed by atoms with Gasteiger partial charge in [0, 0.05) is 0 Å². The number of methoxy groups -OCH3 is 1. The highest BCUT2D eigenvalue weighted by atomic mass is 16.5. The van der Waals surface area contributed by atoms with Crippen LogP contribution in [-0.4, -0.2) is 24.2 Å². The van der Waals surface area contributed by atoms with Crippen LogP contribution in [0.1, 0.15) is 33.6 Å². The number of carboxylic acid groups (broad SMARTS) is 1.